The van der Waals surface area contributed by atoms with Crippen LogP contribution in [0.5, 0.6) is 5.75 Å². The highest BCUT2D eigenvalue weighted by Gasteiger charge is 2.17. The third-order valence-corrected chi connectivity index (χ3v) is 3.01. The van der Waals surface area contributed by atoms with Gasteiger partial charge in [0.25, 0.3) is 5.91 Å². The van der Waals surface area contributed by atoms with Gasteiger partial charge in [0.15, 0.2) is 12.7 Å². The number of hydrogen-bond acceptors (Lipinski definition) is 4. The van der Waals surface area contributed by atoms with E-state index in [4.69, 9.17) is 21.1 Å². The number of halogens is 1. The summed E-state index contributed by atoms with van der Waals surface area (Å²) in [5, 5.41) is 3.19. The lowest BCUT2D eigenvalue weighted by Gasteiger charge is -2.15. The van der Waals surface area contributed by atoms with E-state index in [0.29, 0.717) is 17.3 Å². The Morgan fingerprint density at radius 3 is 2.38 bits per heavy atom. The predicted octanol–water partition coefficient (Wildman–Crippen LogP) is 2.40. The molecule has 0 aromatic heterocycles. The fraction of sp³-hybridized carbons (Fsp3) is 0.467. The maximum atomic E-state index is 11.7. The molecular formula is C15H20ClNO4. The van der Waals surface area contributed by atoms with Crippen LogP contribution in [-0.4, -0.2) is 31.1 Å². The number of hydrogen-bond donors (Lipinski definition) is 1. The van der Waals surface area contributed by atoms with Gasteiger partial charge < -0.3 is 14.8 Å². The summed E-state index contributed by atoms with van der Waals surface area (Å²) < 4.78 is 10.4. The number of nitrogens with one attached hydrogen (secondary N) is 1. The van der Waals surface area contributed by atoms with E-state index in [1.54, 1.807) is 19.1 Å². The van der Waals surface area contributed by atoms with E-state index in [1.165, 1.54) is 6.92 Å². The number of aryl methyl sites for hydroxylation is 2. The van der Waals surface area contributed by atoms with Gasteiger partial charge in [0.1, 0.15) is 5.75 Å². The summed E-state index contributed by atoms with van der Waals surface area (Å²) >= 11 is 5.93. The lowest BCUT2D eigenvalue weighted by molar-refractivity contribution is -0.156. The van der Waals surface area contributed by atoms with Gasteiger partial charge in [-0.1, -0.05) is 11.6 Å². The maximum absolute atomic E-state index is 11.7. The first-order valence-electron chi connectivity index (χ1n) is 6.71. The van der Waals surface area contributed by atoms with E-state index < -0.39 is 12.1 Å². The number of carbonyl (C=O) groups is 2. The van der Waals surface area contributed by atoms with Crippen LogP contribution in [-0.2, 0) is 14.3 Å². The first-order valence-corrected chi connectivity index (χ1v) is 7.09. The largest absolute Gasteiger partial charge is 0.481 e. The van der Waals surface area contributed by atoms with Crippen molar-refractivity contribution in [1.82, 2.24) is 5.32 Å². The van der Waals surface area contributed by atoms with Crippen LogP contribution in [0.4, 0.5) is 0 Å². The second kappa shape index (κ2) is 7.88. The first-order chi connectivity index (χ1) is 9.85. The molecule has 0 radical (unpaired) electrons. The smallest absolute Gasteiger partial charge is 0.344 e. The Morgan fingerprint density at radius 2 is 1.86 bits per heavy atom. The average molecular weight is 314 g/mol. The minimum Gasteiger partial charge on any atom is -0.481 e. The first kappa shape index (κ1) is 17.3. The van der Waals surface area contributed by atoms with E-state index >= 15 is 0 Å². The van der Waals surface area contributed by atoms with Crippen LogP contribution in [0.3, 0.4) is 0 Å². The van der Waals surface area contributed by atoms with Crippen LogP contribution in [0, 0.1) is 13.8 Å². The Balaban J connectivity index is 2.56. The highest BCUT2D eigenvalue weighted by atomic mass is 35.5. The quantitative estimate of drug-likeness (QED) is 0.819. The van der Waals surface area contributed by atoms with Gasteiger partial charge in [-0.2, -0.15) is 0 Å². The van der Waals surface area contributed by atoms with Crippen LogP contribution in [0.15, 0.2) is 12.1 Å². The van der Waals surface area contributed by atoms with Crippen molar-refractivity contribution in [3.05, 3.63) is 28.3 Å². The van der Waals surface area contributed by atoms with Gasteiger partial charge in [0.2, 0.25) is 0 Å². The summed E-state index contributed by atoms with van der Waals surface area (Å²) in [5.41, 5.74) is 1.68. The Kier molecular flexibility index (Phi) is 6.49. The topological polar surface area (TPSA) is 64.6 Å². The van der Waals surface area contributed by atoms with Crippen LogP contribution in [0.2, 0.25) is 5.02 Å². The molecule has 0 spiro atoms. The number of ether oxygens (including phenoxy) is 2. The molecule has 1 atom stereocenters. The van der Waals surface area contributed by atoms with Gasteiger partial charge in [-0.25, -0.2) is 4.79 Å². The number of esters is 1. The molecule has 0 unspecified atom stereocenters. The fourth-order valence-electron chi connectivity index (χ4n) is 1.86. The van der Waals surface area contributed by atoms with E-state index in [1.807, 2.05) is 13.8 Å². The predicted molar refractivity (Wildman–Crippen MR) is 80.7 cm³/mol. The molecule has 0 saturated carbocycles. The average Bonchev–Trinajstić information content (AvgIpc) is 2.37. The van der Waals surface area contributed by atoms with E-state index in [2.05, 4.69) is 5.32 Å². The van der Waals surface area contributed by atoms with Crippen LogP contribution >= 0.6 is 11.6 Å². The van der Waals surface area contributed by atoms with Gasteiger partial charge in [-0.3, -0.25) is 4.79 Å². The minimum absolute atomic E-state index is 0.257. The van der Waals surface area contributed by atoms with Crippen LogP contribution < -0.4 is 10.1 Å². The normalized spacial score (nSPS) is 11.7. The van der Waals surface area contributed by atoms with Crippen molar-refractivity contribution < 1.29 is 19.1 Å². The molecule has 1 aromatic rings. The van der Waals surface area contributed by atoms with Crippen molar-refractivity contribution in [2.75, 3.05) is 13.2 Å². The zero-order chi connectivity index (χ0) is 16.0. The molecule has 1 aromatic carbocycles. The van der Waals surface area contributed by atoms with Crippen molar-refractivity contribution >= 4 is 23.5 Å². The molecule has 21 heavy (non-hydrogen) atoms. The summed E-state index contributed by atoms with van der Waals surface area (Å²) in [6.07, 6.45) is -0.839. The van der Waals surface area contributed by atoms with Crippen LogP contribution in [0.25, 0.3) is 0 Å². The molecule has 0 heterocycles. The zero-order valence-corrected chi connectivity index (χ0v) is 13.4. The molecule has 0 aliphatic rings. The third-order valence-electron chi connectivity index (χ3n) is 2.79. The Labute approximate surface area is 129 Å². The van der Waals surface area contributed by atoms with Crippen molar-refractivity contribution in [1.29, 1.82) is 0 Å². The summed E-state index contributed by atoms with van der Waals surface area (Å²) in [4.78, 5) is 23.1. The van der Waals surface area contributed by atoms with Gasteiger partial charge >= 0.3 is 5.97 Å². The number of likely N-dealkylation sites (N-methyl/N-ethyl adjacent to an activating group) is 1. The van der Waals surface area contributed by atoms with E-state index in [9.17, 15) is 9.59 Å². The molecule has 0 fully saturated rings. The van der Waals surface area contributed by atoms with Crippen molar-refractivity contribution in [3.8, 4) is 5.75 Å². The van der Waals surface area contributed by atoms with Gasteiger partial charge in [0.05, 0.1) is 0 Å². The molecule has 0 aliphatic carbocycles. The molecule has 0 aliphatic heterocycles. The molecule has 6 heteroatoms. The Morgan fingerprint density at radius 1 is 1.29 bits per heavy atom. The maximum Gasteiger partial charge on any atom is 0.344 e. The molecule has 116 valence electrons. The summed E-state index contributed by atoms with van der Waals surface area (Å²) in [7, 11) is 0. The zero-order valence-electron chi connectivity index (χ0n) is 12.7. The molecule has 0 bridgehead atoms. The van der Waals surface area contributed by atoms with Crippen LogP contribution in [0.1, 0.15) is 25.0 Å². The molecule has 5 nitrogen and oxygen atoms in total. The van der Waals surface area contributed by atoms with E-state index in [-0.39, 0.29) is 12.5 Å². The molecule has 0 saturated heterocycles. The number of benzene rings is 1. The van der Waals surface area contributed by atoms with E-state index in [0.717, 1.165) is 11.1 Å². The summed E-state index contributed by atoms with van der Waals surface area (Å²) in [5.74, 6) is -0.325. The summed E-state index contributed by atoms with van der Waals surface area (Å²) in [6, 6.07) is 3.51. The van der Waals surface area contributed by atoms with Crippen molar-refractivity contribution in [2.24, 2.45) is 0 Å². The second-order valence-corrected chi connectivity index (χ2v) is 5.12. The Hall–Kier alpha value is -1.75. The van der Waals surface area contributed by atoms with Gasteiger partial charge in [-0.15, -0.1) is 0 Å². The van der Waals surface area contributed by atoms with Crippen molar-refractivity contribution in [2.45, 2.75) is 33.8 Å². The van der Waals surface area contributed by atoms with Crippen molar-refractivity contribution in [3.63, 3.8) is 0 Å². The van der Waals surface area contributed by atoms with Gasteiger partial charge in [-0.05, 0) is 51.0 Å². The summed E-state index contributed by atoms with van der Waals surface area (Å²) in [6.45, 7) is 7.23. The second-order valence-electron chi connectivity index (χ2n) is 4.68. The lowest BCUT2D eigenvalue weighted by atomic mass is 10.1. The highest BCUT2D eigenvalue weighted by molar-refractivity contribution is 6.30. The Bertz CT molecular complexity index is 507. The highest BCUT2D eigenvalue weighted by Crippen LogP contribution is 2.26. The molecule has 1 N–H and O–H groups in total. The number of carbonyl (C=O) groups excluding carboxylic acids is 2. The molecular weight excluding hydrogens is 294 g/mol. The lowest BCUT2D eigenvalue weighted by Crippen LogP contribution is -2.36. The standard InChI is InChI=1S/C15H20ClNO4/c1-5-17-15(19)11(4)21-13(18)8-20-14-9(2)6-12(16)7-10(14)3/h6-7,11H,5,8H2,1-4H3,(H,17,19)/t11-/m1/s1. The number of rotatable bonds is 6. The minimum atomic E-state index is -0.839. The molecule has 1 rings (SSSR count). The number of amides is 1. The SMILES string of the molecule is CCNC(=O)[C@@H](C)OC(=O)COc1c(C)cc(Cl)cc1C. The third kappa shape index (κ3) is 5.27. The van der Waals surface area contributed by atoms with Gasteiger partial charge in [0, 0.05) is 11.6 Å². The monoisotopic (exact) mass is 313 g/mol. The fourth-order valence-corrected chi connectivity index (χ4v) is 2.19. The molecule has 1 amide bonds.